The third-order valence-electron chi connectivity index (χ3n) is 4.62. The second-order valence-corrected chi connectivity index (χ2v) is 6.27. The Morgan fingerprint density at radius 2 is 2.10 bits per heavy atom. The van der Waals surface area contributed by atoms with Gasteiger partial charge in [-0.1, -0.05) is 12.1 Å². The van der Waals surface area contributed by atoms with E-state index in [-0.39, 0.29) is 0 Å². The molecule has 1 amide bonds. The van der Waals surface area contributed by atoms with E-state index in [4.69, 9.17) is 0 Å². The number of hydrogen-bond donors (Lipinski definition) is 1. The van der Waals surface area contributed by atoms with E-state index in [9.17, 15) is 4.79 Å². The minimum atomic E-state index is 0.340. The van der Waals surface area contributed by atoms with Gasteiger partial charge in [-0.3, -0.25) is 4.79 Å². The van der Waals surface area contributed by atoms with Gasteiger partial charge in [-0.25, -0.2) is 0 Å². The van der Waals surface area contributed by atoms with E-state index in [0.29, 0.717) is 11.8 Å². The van der Waals surface area contributed by atoms with Crippen LogP contribution in [-0.4, -0.2) is 50.1 Å². The van der Waals surface area contributed by atoms with Crippen molar-refractivity contribution in [2.24, 2.45) is 5.92 Å². The van der Waals surface area contributed by atoms with Gasteiger partial charge in [-0.05, 0) is 50.0 Å². The highest BCUT2D eigenvalue weighted by molar-refractivity contribution is 5.77. The largest absolute Gasteiger partial charge is 0.368 e. The summed E-state index contributed by atoms with van der Waals surface area (Å²) in [5.41, 5.74) is 2.57. The van der Waals surface area contributed by atoms with Crippen LogP contribution in [0.15, 0.2) is 24.3 Å². The molecule has 1 aromatic carbocycles. The van der Waals surface area contributed by atoms with Gasteiger partial charge >= 0.3 is 0 Å². The van der Waals surface area contributed by atoms with Gasteiger partial charge in [0, 0.05) is 38.3 Å². The number of benzene rings is 1. The molecule has 2 fully saturated rings. The van der Waals surface area contributed by atoms with Crippen molar-refractivity contribution in [2.75, 3.05) is 44.2 Å². The van der Waals surface area contributed by atoms with Crippen LogP contribution in [0.25, 0.3) is 0 Å². The molecule has 0 spiro atoms. The van der Waals surface area contributed by atoms with Crippen LogP contribution < -0.4 is 10.2 Å². The number of carbonyl (C=O) groups is 1. The van der Waals surface area contributed by atoms with Crippen LogP contribution in [0.1, 0.15) is 18.4 Å². The second-order valence-electron chi connectivity index (χ2n) is 6.27. The predicted molar refractivity (Wildman–Crippen MR) is 85.6 cm³/mol. The van der Waals surface area contributed by atoms with Gasteiger partial charge in [0.2, 0.25) is 5.91 Å². The van der Waals surface area contributed by atoms with E-state index in [2.05, 4.69) is 41.4 Å². The highest BCUT2D eigenvalue weighted by Crippen LogP contribution is 2.19. The van der Waals surface area contributed by atoms with Crippen molar-refractivity contribution in [2.45, 2.75) is 19.8 Å². The van der Waals surface area contributed by atoms with Gasteiger partial charge in [0.15, 0.2) is 0 Å². The van der Waals surface area contributed by atoms with E-state index in [0.717, 1.165) is 52.1 Å². The summed E-state index contributed by atoms with van der Waals surface area (Å²) >= 11 is 0. The number of carbonyl (C=O) groups excluding carboxylic acids is 1. The van der Waals surface area contributed by atoms with Gasteiger partial charge in [-0.15, -0.1) is 0 Å². The number of piperazine rings is 1. The molecule has 2 heterocycles. The molecule has 4 nitrogen and oxygen atoms in total. The zero-order chi connectivity index (χ0) is 14.7. The fraction of sp³-hybridized carbons (Fsp3) is 0.588. The van der Waals surface area contributed by atoms with Crippen molar-refractivity contribution in [3.05, 3.63) is 29.8 Å². The van der Waals surface area contributed by atoms with Gasteiger partial charge in [0.1, 0.15) is 0 Å². The van der Waals surface area contributed by atoms with Crippen LogP contribution in [0, 0.1) is 12.8 Å². The number of rotatable bonds is 3. The molecule has 114 valence electrons. The molecule has 3 rings (SSSR count). The molecule has 1 N–H and O–H groups in total. The maximum absolute atomic E-state index is 12.3. The molecule has 0 saturated carbocycles. The van der Waals surface area contributed by atoms with Gasteiger partial charge in [0.25, 0.3) is 0 Å². The number of nitrogens with zero attached hydrogens (tertiary/aromatic N) is 2. The lowest BCUT2D eigenvalue weighted by Gasteiger charge is -2.36. The molecule has 0 aromatic heterocycles. The summed E-state index contributed by atoms with van der Waals surface area (Å²) in [6, 6.07) is 8.62. The fourth-order valence-electron chi connectivity index (χ4n) is 3.30. The number of hydrogen-bond acceptors (Lipinski definition) is 3. The maximum atomic E-state index is 12.3. The summed E-state index contributed by atoms with van der Waals surface area (Å²) < 4.78 is 0. The Morgan fingerprint density at radius 3 is 2.76 bits per heavy atom. The molecule has 2 aliphatic heterocycles. The smallest absolute Gasteiger partial charge is 0.223 e. The Kier molecular flexibility index (Phi) is 4.44. The quantitative estimate of drug-likeness (QED) is 0.918. The van der Waals surface area contributed by atoms with Crippen molar-refractivity contribution in [1.29, 1.82) is 0 Å². The van der Waals surface area contributed by atoms with E-state index in [1.54, 1.807) is 0 Å². The molecule has 2 saturated heterocycles. The molecule has 0 aliphatic carbocycles. The van der Waals surface area contributed by atoms with Crippen LogP contribution in [-0.2, 0) is 4.79 Å². The Bertz CT molecular complexity index is 489. The van der Waals surface area contributed by atoms with E-state index in [1.807, 2.05) is 4.90 Å². The molecule has 0 bridgehead atoms. The highest BCUT2D eigenvalue weighted by Gasteiger charge is 2.25. The lowest BCUT2D eigenvalue weighted by Crippen LogP contribution is -2.49. The summed E-state index contributed by atoms with van der Waals surface area (Å²) in [6.45, 7) is 7.79. The monoisotopic (exact) mass is 287 g/mol. The topological polar surface area (TPSA) is 35.6 Å². The van der Waals surface area contributed by atoms with Crippen molar-refractivity contribution < 1.29 is 4.79 Å². The fourth-order valence-corrected chi connectivity index (χ4v) is 3.30. The Hall–Kier alpha value is -1.55. The molecule has 21 heavy (non-hydrogen) atoms. The molecule has 1 aromatic rings. The Labute approximate surface area is 127 Å². The summed E-state index contributed by atoms with van der Waals surface area (Å²) in [7, 11) is 0. The zero-order valence-electron chi connectivity index (χ0n) is 12.8. The molecule has 2 aliphatic rings. The average Bonchev–Trinajstić information content (AvgIpc) is 3.00. The van der Waals surface area contributed by atoms with Gasteiger partial charge in [-0.2, -0.15) is 0 Å². The number of amides is 1. The molecule has 0 radical (unpaired) electrons. The summed E-state index contributed by atoms with van der Waals surface area (Å²) in [5.74, 6) is 0.889. The predicted octanol–water partition coefficient (Wildman–Crippen LogP) is 1.64. The first-order valence-electron chi connectivity index (χ1n) is 8.02. The lowest BCUT2D eigenvalue weighted by molar-refractivity contribution is -0.132. The van der Waals surface area contributed by atoms with Gasteiger partial charge < -0.3 is 15.1 Å². The normalized spacial score (nSPS) is 22.6. The molecule has 4 heteroatoms. The van der Waals surface area contributed by atoms with Crippen LogP contribution in [0.3, 0.4) is 0 Å². The number of nitrogens with one attached hydrogen (secondary N) is 1. The minimum absolute atomic E-state index is 0.340. The Morgan fingerprint density at radius 1 is 1.29 bits per heavy atom. The Balaban J connectivity index is 1.51. The molecule has 1 atom stereocenters. The number of anilines is 1. The maximum Gasteiger partial charge on any atom is 0.223 e. The van der Waals surface area contributed by atoms with Crippen LogP contribution in [0.4, 0.5) is 5.69 Å². The second kappa shape index (κ2) is 6.48. The standard InChI is InChI=1S/C17H25N3O/c1-14-3-2-4-16(11-14)19-7-9-20(10-8-19)17(21)12-15-5-6-18-13-15/h2-4,11,15,18H,5-10,12-13H2,1H3. The van der Waals surface area contributed by atoms with E-state index < -0.39 is 0 Å². The first-order valence-corrected chi connectivity index (χ1v) is 8.02. The average molecular weight is 287 g/mol. The van der Waals surface area contributed by atoms with Crippen LogP contribution in [0.5, 0.6) is 0 Å². The highest BCUT2D eigenvalue weighted by atomic mass is 16.2. The SMILES string of the molecule is Cc1cccc(N2CCN(C(=O)CC3CCNC3)CC2)c1. The van der Waals surface area contributed by atoms with Crippen molar-refractivity contribution in [3.63, 3.8) is 0 Å². The lowest BCUT2D eigenvalue weighted by atomic mass is 10.0. The zero-order valence-corrected chi connectivity index (χ0v) is 12.8. The van der Waals surface area contributed by atoms with E-state index in [1.165, 1.54) is 11.3 Å². The molecular formula is C17H25N3O. The summed E-state index contributed by atoms with van der Waals surface area (Å²) in [6.07, 6.45) is 1.87. The first kappa shape index (κ1) is 14.4. The third-order valence-corrected chi connectivity index (χ3v) is 4.62. The third kappa shape index (κ3) is 3.56. The molecular weight excluding hydrogens is 262 g/mol. The summed E-state index contributed by atoms with van der Waals surface area (Å²) in [5, 5.41) is 3.34. The van der Waals surface area contributed by atoms with E-state index >= 15 is 0 Å². The van der Waals surface area contributed by atoms with Crippen molar-refractivity contribution in [1.82, 2.24) is 10.2 Å². The van der Waals surface area contributed by atoms with Crippen molar-refractivity contribution in [3.8, 4) is 0 Å². The summed E-state index contributed by atoms with van der Waals surface area (Å²) in [4.78, 5) is 16.8. The first-order chi connectivity index (χ1) is 10.2. The van der Waals surface area contributed by atoms with Crippen molar-refractivity contribution >= 4 is 11.6 Å². The minimum Gasteiger partial charge on any atom is -0.368 e. The van der Waals surface area contributed by atoms with Gasteiger partial charge in [0.05, 0.1) is 0 Å². The van der Waals surface area contributed by atoms with Crippen LogP contribution >= 0.6 is 0 Å². The molecule has 1 unspecified atom stereocenters. The number of aryl methyl sites for hydroxylation is 1. The van der Waals surface area contributed by atoms with Crippen LogP contribution in [0.2, 0.25) is 0 Å².